The number of ether oxygens (including phenoxy) is 3. The van der Waals surface area contributed by atoms with Crippen molar-refractivity contribution < 1.29 is 23.8 Å². The molecule has 0 aromatic heterocycles. The van der Waals surface area contributed by atoms with Gasteiger partial charge in [-0.3, -0.25) is 4.79 Å². The van der Waals surface area contributed by atoms with Gasteiger partial charge in [0.15, 0.2) is 11.5 Å². The van der Waals surface area contributed by atoms with E-state index in [2.05, 4.69) is 0 Å². The van der Waals surface area contributed by atoms with E-state index in [-0.39, 0.29) is 5.91 Å². The molecular formula is C20H26N2O5. The summed E-state index contributed by atoms with van der Waals surface area (Å²) < 4.78 is 15.4. The number of amides is 1. The van der Waals surface area contributed by atoms with Crippen LogP contribution in [0, 0.1) is 0 Å². The highest BCUT2D eigenvalue weighted by Crippen LogP contribution is 2.31. The zero-order chi connectivity index (χ0) is 20.1. The molecule has 1 aromatic carbocycles. The van der Waals surface area contributed by atoms with Crippen molar-refractivity contribution in [3.8, 4) is 11.5 Å². The minimum Gasteiger partial charge on any atom is -0.493 e. The summed E-state index contributed by atoms with van der Waals surface area (Å²) >= 11 is 0. The number of carbonyl (C=O) groups is 2. The molecule has 7 heteroatoms. The van der Waals surface area contributed by atoms with Gasteiger partial charge < -0.3 is 24.0 Å². The largest absolute Gasteiger partial charge is 0.493 e. The number of allylic oxidation sites excluding steroid dienone is 1. The van der Waals surface area contributed by atoms with Crippen molar-refractivity contribution >= 4 is 11.9 Å². The second-order valence-corrected chi connectivity index (χ2v) is 6.35. The molecule has 0 N–H and O–H groups in total. The maximum absolute atomic E-state index is 12.9. The predicted octanol–water partition coefficient (Wildman–Crippen LogP) is 1.98. The fraction of sp³-hybridized carbons (Fsp3) is 0.400. The summed E-state index contributed by atoms with van der Waals surface area (Å²) in [6.07, 6.45) is 2.25. The first-order chi connectivity index (χ1) is 12.8. The zero-order valence-electron chi connectivity index (χ0n) is 16.7. The van der Waals surface area contributed by atoms with Gasteiger partial charge in [-0.15, -0.1) is 0 Å². The molecule has 1 amide bonds. The van der Waals surface area contributed by atoms with Crippen molar-refractivity contribution in [2.45, 2.75) is 13.3 Å². The Morgan fingerprint density at radius 2 is 1.81 bits per heavy atom. The second kappa shape index (κ2) is 8.62. The van der Waals surface area contributed by atoms with Crippen LogP contribution in [0.5, 0.6) is 11.5 Å². The predicted molar refractivity (Wildman–Crippen MR) is 101 cm³/mol. The number of benzene rings is 1. The van der Waals surface area contributed by atoms with Crippen molar-refractivity contribution in [1.29, 1.82) is 0 Å². The third kappa shape index (κ3) is 4.24. The van der Waals surface area contributed by atoms with Gasteiger partial charge in [0, 0.05) is 32.5 Å². The average molecular weight is 374 g/mol. The van der Waals surface area contributed by atoms with E-state index in [4.69, 9.17) is 14.2 Å². The van der Waals surface area contributed by atoms with Crippen LogP contribution in [0.25, 0.3) is 0 Å². The van der Waals surface area contributed by atoms with Crippen LogP contribution in [0.4, 0.5) is 0 Å². The maximum atomic E-state index is 12.9. The topological polar surface area (TPSA) is 68.3 Å². The molecule has 0 fully saturated rings. The van der Waals surface area contributed by atoms with E-state index >= 15 is 0 Å². The lowest BCUT2D eigenvalue weighted by Crippen LogP contribution is -2.28. The Bertz CT molecular complexity index is 796. The molecule has 0 unspecified atom stereocenters. The summed E-state index contributed by atoms with van der Waals surface area (Å²) in [6.45, 7) is 2.20. The summed E-state index contributed by atoms with van der Waals surface area (Å²) in [5, 5.41) is 0. The monoisotopic (exact) mass is 374 g/mol. The molecule has 0 saturated carbocycles. The van der Waals surface area contributed by atoms with Crippen LogP contribution in [0.3, 0.4) is 0 Å². The fourth-order valence-corrected chi connectivity index (χ4v) is 3.02. The molecule has 0 radical (unpaired) electrons. The first-order valence-corrected chi connectivity index (χ1v) is 8.54. The molecule has 1 aliphatic heterocycles. The Kier molecular flexibility index (Phi) is 6.50. The third-order valence-corrected chi connectivity index (χ3v) is 4.36. The Labute approximate surface area is 159 Å². The van der Waals surface area contributed by atoms with E-state index in [1.54, 1.807) is 51.2 Å². The van der Waals surface area contributed by atoms with Crippen LogP contribution in [-0.2, 0) is 20.7 Å². The molecule has 2 rings (SSSR count). The summed E-state index contributed by atoms with van der Waals surface area (Å²) in [5.41, 5.74) is 2.25. The fourth-order valence-electron chi connectivity index (χ4n) is 3.02. The van der Waals surface area contributed by atoms with Gasteiger partial charge in [0.2, 0.25) is 0 Å². The van der Waals surface area contributed by atoms with Crippen LogP contribution in [-0.4, -0.2) is 63.6 Å². The smallest absolute Gasteiger partial charge is 0.340 e. The van der Waals surface area contributed by atoms with Gasteiger partial charge in [-0.05, 0) is 31.0 Å². The number of carbonyl (C=O) groups excluding carboxylic acids is 2. The van der Waals surface area contributed by atoms with E-state index in [0.717, 1.165) is 5.56 Å². The highest BCUT2D eigenvalue weighted by atomic mass is 16.5. The van der Waals surface area contributed by atoms with Crippen molar-refractivity contribution in [2.75, 3.05) is 42.0 Å². The van der Waals surface area contributed by atoms with Crippen LogP contribution in [0.2, 0.25) is 0 Å². The lowest BCUT2D eigenvalue weighted by molar-refractivity contribution is -0.136. The average Bonchev–Trinajstić information content (AvgIpc) is 2.88. The molecule has 0 atom stereocenters. The molecule has 1 aromatic rings. The van der Waals surface area contributed by atoms with Crippen LogP contribution in [0.15, 0.2) is 41.2 Å². The SMILES string of the molecule is COC(=O)C1=C(C)N(CCc2ccc(OC)c(OC)c2)C(=O)/C1=C\N(C)C. The Balaban J connectivity index is 2.27. The highest BCUT2D eigenvalue weighted by Gasteiger charge is 2.37. The van der Waals surface area contributed by atoms with E-state index in [9.17, 15) is 9.59 Å². The third-order valence-electron chi connectivity index (χ3n) is 4.36. The lowest BCUT2D eigenvalue weighted by Gasteiger charge is -2.18. The molecule has 7 nitrogen and oxygen atoms in total. The van der Waals surface area contributed by atoms with Gasteiger partial charge in [0.05, 0.1) is 32.5 Å². The number of hydrogen-bond donors (Lipinski definition) is 0. The number of esters is 1. The molecule has 1 heterocycles. The number of nitrogens with zero attached hydrogens (tertiary/aromatic N) is 2. The molecular weight excluding hydrogens is 348 g/mol. The quantitative estimate of drug-likeness (QED) is 0.537. The van der Waals surface area contributed by atoms with E-state index in [0.29, 0.717) is 41.3 Å². The maximum Gasteiger partial charge on any atom is 0.340 e. The summed E-state index contributed by atoms with van der Waals surface area (Å²) in [5.74, 6) is 0.571. The van der Waals surface area contributed by atoms with Gasteiger partial charge in [0.1, 0.15) is 0 Å². The summed E-state index contributed by atoms with van der Waals surface area (Å²) in [6, 6.07) is 5.65. The molecule has 0 bridgehead atoms. The Morgan fingerprint density at radius 1 is 1.15 bits per heavy atom. The minimum atomic E-state index is -0.512. The standard InChI is InChI=1S/C20H26N2O5/c1-13-18(20(24)27-6)15(12-21(2)3)19(23)22(13)10-9-14-7-8-16(25-4)17(11-14)26-5/h7-8,11-12H,9-10H2,1-6H3/b15-12-. The number of rotatable bonds is 7. The molecule has 0 saturated heterocycles. The summed E-state index contributed by atoms with van der Waals surface area (Å²) in [4.78, 5) is 28.4. The highest BCUT2D eigenvalue weighted by molar-refractivity contribution is 6.13. The van der Waals surface area contributed by atoms with Crippen molar-refractivity contribution in [3.63, 3.8) is 0 Å². The zero-order valence-corrected chi connectivity index (χ0v) is 16.7. The molecule has 27 heavy (non-hydrogen) atoms. The summed E-state index contributed by atoms with van der Waals surface area (Å²) in [7, 11) is 8.08. The van der Waals surface area contributed by atoms with Gasteiger partial charge in [0.25, 0.3) is 5.91 Å². The minimum absolute atomic E-state index is 0.206. The molecule has 0 aliphatic carbocycles. The second-order valence-electron chi connectivity index (χ2n) is 6.35. The van der Waals surface area contributed by atoms with Crippen LogP contribution < -0.4 is 9.47 Å². The number of hydrogen-bond acceptors (Lipinski definition) is 6. The van der Waals surface area contributed by atoms with Crippen LogP contribution >= 0.6 is 0 Å². The Hall–Kier alpha value is -2.96. The van der Waals surface area contributed by atoms with Crippen LogP contribution in [0.1, 0.15) is 12.5 Å². The van der Waals surface area contributed by atoms with Crippen molar-refractivity contribution in [2.24, 2.45) is 0 Å². The molecule has 0 spiro atoms. The van der Waals surface area contributed by atoms with Gasteiger partial charge in [-0.2, -0.15) is 0 Å². The van der Waals surface area contributed by atoms with E-state index < -0.39 is 5.97 Å². The van der Waals surface area contributed by atoms with E-state index in [1.165, 1.54) is 7.11 Å². The molecule has 146 valence electrons. The normalized spacial score (nSPS) is 15.4. The van der Waals surface area contributed by atoms with Crippen molar-refractivity contribution in [3.05, 3.63) is 46.8 Å². The van der Waals surface area contributed by atoms with Gasteiger partial charge in [-0.1, -0.05) is 6.07 Å². The Morgan fingerprint density at radius 3 is 2.37 bits per heavy atom. The van der Waals surface area contributed by atoms with Crippen molar-refractivity contribution in [1.82, 2.24) is 9.80 Å². The molecule has 1 aliphatic rings. The first-order valence-electron chi connectivity index (χ1n) is 8.54. The van der Waals surface area contributed by atoms with Gasteiger partial charge in [-0.25, -0.2) is 4.79 Å². The van der Waals surface area contributed by atoms with Gasteiger partial charge >= 0.3 is 5.97 Å². The lowest BCUT2D eigenvalue weighted by atomic mass is 10.1. The first kappa shape index (κ1) is 20.4. The van der Waals surface area contributed by atoms with E-state index in [1.807, 2.05) is 18.2 Å². The number of methoxy groups -OCH3 is 3.